The summed E-state index contributed by atoms with van der Waals surface area (Å²) in [5, 5.41) is 4.17. The Balaban J connectivity index is 1.97. The average molecular weight is 382 g/mol. The second-order valence-corrected chi connectivity index (χ2v) is 6.79. The van der Waals surface area contributed by atoms with Crippen LogP contribution in [0.25, 0.3) is 10.1 Å². The third-order valence-electron chi connectivity index (χ3n) is 3.02. The largest absolute Gasteiger partial charge is 0.397 e. The predicted molar refractivity (Wildman–Crippen MR) is 93.3 cm³/mol. The molecule has 0 radical (unpaired) electrons. The van der Waals surface area contributed by atoms with Crippen molar-refractivity contribution in [1.82, 2.24) is 0 Å². The molecule has 106 valence electrons. The van der Waals surface area contributed by atoms with Gasteiger partial charge in [-0.05, 0) is 24.3 Å². The molecule has 0 saturated heterocycles. The summed E-state index contributed by atoms with van der Waals surface area (Å²) in [7, 11) is 0. The molecule has 0 aliphatic carbocycles. The Morgan fingerprint density at radius 3 is 2.76 bits per heavy atom. The Hall–Kier alpha value is -1.56. The van der Waals surface area contributed by atoms with Crippen LogP contribution in [0.15, 0.2) is 46.9 Å². The number of nitrogens with one attached hydrogen (secondary N) is 1. The fraction of sp³-hybridized carbons (Fsp3) is 0. The molecule has 3 N–H and O–H groups in total. The fourth-order valence-corrected chi connectivity index (χ4v) is 3.55. The van der Waals surface area contributed by atoms with Gasteiger partial charge in [0.2, 0.25) is 0 Å². The molecule has 6 heteroatoms. The maximum absolute atomic E-state index is 12.4. The average Bonchev–Trinajstić information content (AvgIpc) is 2.81. The van der Waals surface area contributed by atoms with Gasteiger partial charge in [-0.3, -0.25) is 4.79 Å². The van der Waals surface area contributed by atoms with E-state index < -0.39 is 0 Å². The minimum Gasteiger partial charge on any atom is -0.397 e. The van der Waals surface area contributed by atoms with E-state index in [4.69, 9.17) is 17.3 Å². The highest BCUT2D eigenvalue weighted by Crippen LogP contribution is 2.34. The summed E-state index contributed by atoms with van der Waals surface area (Å²) in [6, 6.07) is 13.0. The van der Waals surface area contributed by atoms with Crippen molar-refractivity contribution in [1.29, 1.82) is 0 Å². The second-order valence-electron chi connectivity index (χ2n) is 4.42. The maximum Gasteiger partial charge on any atom is 0.267 e. The quantitative estimate of drug-likeness (QED) is 0.645. The maximum atomic E-state index is 12.4. The number of halogens is 2. The SMILES string of the molecule is Nc1c(C(=O)Nc2cc(Br)ccc2Cl)sc2ccccc12. The van der Waals surface area contributed by atoms with Crippen molar-refractivity contribution < 1.29 is 4.79 Å². The van der Waals surface area contributed by atoms with Crippen LogP contribution < -0.4 is 11.1 Å². The molecule has 1 amide bonds. The molecule has 0 aliphatic rings. The topological polar surface area (TPSA) is 55.1 Å². The molecule has 1 heterocycles. The summed E-state index contributed by atoms with van der Waals surface area (Å²) in [5.41, 5.74) is 7.12. The van der Waals surface area contributed by atoms with E-state index in [1.807, 2.05) is 30.3 Å². The van der Waals surface area contributed by atoms with Crippen molar-refractivity contribution in [3.63, 3.8) is 0 Å². The third kappa shape index (κ3) is 2.77. The monoisotopic (exact) mass is 380 g/mol. The van der Waals surface area contributed by atoms with E-state index in [9.17, 15) is 4.79 Å². The van der Waals surface area contributed by atoms with E-state index >= 15 is 0 Å². The number of nitrogen functional groups attached to an aromatic ring is 1. The first-order valence-corrected chi connectivity index (χ1v) is 8.08. The summed E-state index contributed by atoms with van der Waals surface area (Å²) in [6.07, 6.45) is 0. The van der Waals surface area contributed by atoms with Gasteiger partial charge in [0.05, 0.1) is 16.4 Å². The number of carbonyl (C=O) groups is 1. The zero-order chi connectivity index (χ0) is 15.0. The Morgan fingerprint density at radius 2 is 2.00 bits per heavy atom. The molecular weight excluding hydrogens is 372 g/mol. The normalized spacial score (nSPS) is 10.8. The number of carbonyl (C=O) groups excluding carboxylic acids is 1. The Kier molecular flexibility index (Phi) is 3.89. The van der Waals surface area contributed by atoms with Gasteiger partial charge in [0.1, 0.15) is 4.88 Å². The lowest BCUT2D eigenvalue weighted by molar-refractivity contribution is 0.103. The molecular formula is C15H10BrClN2OS. The minimum absolute atomic E-state index is 0.256. The van der Waals surface area contributed by atoms with E-state index in [1.165, 1.54) is 11.3 Å². The Labute approximate surface area is 138 Å². The van der Waals surface area contributed by atoms with Crippen LogP contribution in [-0.4, -0.2) is 5.91 Å². The van der Waals surface area contributed by atoms with E-state index in [-0.39, 0.29) is 5.91 Å². The van der Waals surface area contributed by atoms with Crippen molar-refractivity contribution >= 4 is 66.2 Å². The highest BCUT2D eigenvalue weighted by Gasteiger charge is 2.17. The molecule has 0 unspecified atom stereocenters. The van der Waals surface area contributed by atoms with E-state index in [1.54, 1.807) is 12.1 Å². The summed E-state index contributed by atoms with van der Waals surface area (Å²) in [4.78, 5) is 12.9. The standard InChI is InChI=1S/C15H10BrClN2OS/c16-8-5-6-10(17)11(7-8)19-15(20)14-13(18)9-3-1-2-4-12(9)21-14/h1-7H,18H2,(H,19,20). The van der Waals surface area contributed by atoms with Crippen molar-refractivity contribution in [2.24, 2.45) is 0 Å². The van der Waals surface area contributed by atoms with E-state index in [0.29, 0.717) is 21.3 Å². The molecule has 3 rings (SSSR count). The van der Waals surface area contributed by atoms with Gasteiger partial charge in [0.25, 0.3) is 5.91 Å². The number of benzene rings is 2. The van der Waals surface area contributed by atoms with E-state index in [0.717, 1.165) is 14.6 Å². The third-order valence-corrected chi connectivity index (χ3v) is 5.02. The summed E-state index contributed by atoms with van der Waals surface area (Å²) in [6.45, 7) is 0. The zero-order valence-electron chi connectivity index (χ0n) is 10.7. The number of amides is 1. The van der Waals surface area contributed by atoms with Crippen LogP contribution in [0.1, 0.15) is 9.67 Å². The molecule has 1 aromatic heterocycles. The van der Waals surface area contributed by atoms with E-state index in [2.05, 4.69) is 21.2 Å². The van der Waals surface area contributed by atoms with Crippen LogP contribution in [-0.2, 0) is 0 Å². The zero-order valence-corrected chi connectivity index (χ0v) is 13.8. The molecule has 3 nitrogen and oxygen atoms in total. The number of hydrogen-bond acceptors (Lipinski definition) is 3. The summed E-state index contributed by atoms with van der Waals surface area (Å²) in [5.74, 6) is -0.256. The van der Waals surface area contributed by atoms with Crippen LogP contribution in [0.5, 0.6) is 0 Å². The van der Waals surface area contributed by atoms with Gasteiger partial charge in [-0.15, -0.1) is 11.3 Å². The minimum atomic E-state index is -0.256. The van der Waals surface area contributed by atoms with Gasteiger partial charge in [-0.2, -0.15) is 0 Å². The molecule has 0 bridgehead atoms. The van der Waals surface area contributed by atoms with Crippen LogP contribution in [0.2, 0.25) is 5.02 Å². The Bertz CT molecular complexity index is 847. The lowest BCUT2D eigenvalue weighted by Gasteiger charge is -2.07. The van der Waals surface area contributed by atoms with Crippen molar-refractivity contribution in [3.8, 4) is 0 Å². The summed E-state index contributed by atoms with van der Waals surface area (Å²) >= 11 is 10.8. The first kappa shape index (κ1) is 14.4. The van der Waals surface area contributed by atoms with Gasteiger partial charge >= 0.3 is 0 Å². The molecule has 0 atom stereocenters. The van der Waals surface area contributed by atoms with Gasteiger partial charge in [-0.25, -0.2) is 0 Å². The number of nitrogens with two attached hydrogens (primary N) is 1. The Morgan fingerprint density at radius 1 is 1.24 bits per heavy atom. The molecule has 0 fully saturated rings. The lowest BCUT2D eigenvalue weighted by atomic mass is 10.2. The molecule has 0 aliphatic heterocycles. The number of rotatable bonds is 2. The highest BCUT2D eigenvalue weighted by atomic mass is 79.9. The highest BCUT2D eigenvalue weighted by molar-refractivity contribution is 9.10. The molecule has 0 spiro atoms. The van der Waals surface area contributed by atoms with Crippen molar-refractivity contribution in [3.05, 3.63) is 56.8 Å². The van der Waals surface area contributed by atoms with Gasteiger partial charge < -0.3 is 11.1 Å². The number of fused-ring (bicyclic) bond motifs is 1. The first-order valence-electron chi connectivity index (χ1n) is 6.09. The molecule has 21 heavy (non-hydrogen) atoms. The number of anilines is 2. The van der Waals surface area contributed by atoms with Crippen LogP contribution in [0.4, 0.5) is 11.4 Å². The van der Waals surface area contributed by atoms with Gasteiger partial charge in [0, 0.05) is 14.6 Å². The fourth-order valence-electron chi connectivity index (χ4n) is 2.01. The van der Waals surface area contributed by atoms with Gasteiger partial charge in [0.15, 0.2) is 0 Å². The second kappa shape index (κ2) is 5.67. The lowest BCUT2D eigenvalue weighted by Crippen LogP contribution is -2.12. The number of hydrogen-bond donors (Lipinski definition) is 2. The molecule has 2 aromatic carbocycles. The summed E-state index contributed by atoms with van der Waals surface area (Å²) < 4.78 is 1.83. The predicted octanol–water partition coefficient (Wildman–Crippen LogP) is 5.15. The van der Waals surface area contributed by atoms with Crippen LogP contribution in [0, 0.1) is 0 Å². The van der Waals surface area contributed by atoms with Crippen molar-refractivity contribution in [2.45, 2.75) is 0 Å². The van der Waals surface area contributed by atoms with Crippen LogP contribution in [0.3, 0.4) is 0 Å². The van der Waals surface area contributed by atoms with Crippen LogP contribution >= 0.6 is 38.9 Å². The first-order chi connectivity index (χ1) is 10.1. The van der Waals surface area contributed by atoms with Gasteiger partial charge in [-0.1, -0.05) is 45.7 Å². The molecule has 3 aromatic rings. The number of thiophene rings is 1. The van der Waals surface area contributed by atoms with Crippen molar-refractivity contribution in [2.75, 3.05) is 11.1 Å². The smallest absolute Gasteiger partial charge is 0.267 e. The molecule has 0 saturated carbocycles.